The van der Waals surface area contributed by atoms with E-state index in [9.17, 15) is 4.79 Å². The molecule has 1 amide bonds. The van der Waals surface area contributed by atoms with Crippen LogP contribution in [0.4, 0.5) is 0 Å². The maximum atomic E-state index is 13.1. The molecule has 0 atom stereocenters. The number of nitrogens with one attached hydrogen (secondary N) is 2. The second kappa shape index (κ2) is 7.79. The number of piperazine rings is 1. The molecule has 0 radical (unpaired) electrons. The Bertz CT molecular complexity index is 844. The average Bonchev–Trinajstić information content (AvgIpc) is 3.43. The SMILES string of the molecule is CC(C)(C)Cc1noc2nc(C3CC3)cc(C(=O)NCCN3CCNCC3)c12. The topological polar surface area (TPSA) is 83.3 Å². The summed E-state index contributed by atoms with van der Waals surface area (Å²) in [4.78, 5) is 20.1. The summed E-state index contributed by atoms with van der Waals surface area (Å²) in [5.74, 6) is 0.399. The lowest BCUT2D eigenvalue weighted by Crippen LogP contribution is -2.46. The van der Waals surface area contributed by atoms with Crippen LogP contribution in [0.25, 0.3) is 11.1 Å². The van der Waals surface area contributed by atoms with E-state index in [0.29, 0.717) is 23.7 Å². The fraction of sp³-hybridized carbons (Fsp3) is 0.667. The van der Waals surface area contributed by atoms with Crippen molar-refractivity contribution in [3.05, 3.63) is 23.0 Å². The summed E-state index contributed by atoms with van der Waals surface area (Å²) in [6.45, 7) is 12.1. The van der Waals surface area contributed by atoms with Crippen LogP contribution in [0, 0.1) is 5.41 Å². The van der Waals surface area contributed by atoms with Crippen LogP contribution in [0.2, 0.25) is 0 Å². The van der Waals surface area contributed by atoms with Gasteiger partial charge < -0.3 is 15.2 Å². The summed E-state index contributed by atoms with van der Waals surface area (Å²) in [6.07, 6.45) is 3.00. The van der Waals surface area contributed by atoms with Crippen molar-refractivity contribution in [1.82, 2.24) is 25.7 Å². The molecule has 0 aromatic carbocycles. The van der Waals surface area contributed by atoms with Gasteiger partial charge in [0.05, 0.1) is 16.6 Å². The van der Waals surface area contributed by atoms with Gasteiger partial charge in [-0.25, -0.2) is 4.98 Å². The summed E-state index contributed by atoms with van der Waals surface area (Å²) in [5.41, 5.74) is 2.99. The molecule has 2 fully saturated rings. The van der Waals surface area contributed by atoms with E-state index in [0.717, 1.165) is 68.8 Å². The number of rotatable bonds is 6. The maximum Gasteiger partial charge on any atom is 0.259 e. The molecule has 3 heterocycles. The van der Waals surface area contributed by atoms with E-state index >= 15 is 0 Å². The fourth-order valence-electron chi connectivity index (χ4n) is 3.78. The van der Waals surface area contributed by atoms with Gasteiger partial charge in [0.2, 0.25) is 0 Å². The van der Waals surface area contributed by atoms with Crippen LogP contribution < -0.4 is 10.6 Å². The first kappa shape index (κ1) is 19.3. The molecule has 2 aromatic rings. The zero-order chi connectivity index (χ0) is 19.7. The third-order valence-electron chi connectivity index (χ3n) is 5.40. The summed E-state index contributed by atoms with van der Waals surface area (Å²) >= 11 is 0. The number of nitrogens with zero attached hydrogens (tertiary/aromatic N) is 3. The lowest BCUT2D eigenvalue weighted by atomic mass is 9.89. The van der Waals surface area contributed by atoms with E-state index in [4.69, 9.17) is 4.52 Å². The third-order valence-corrected chi connectivity index (χ3v) is 5.40. The highest BCUT2D eigenvalue weighted by molar-refractivity contribution is 6.06. The lowest BCUT2D eigenvalue weighted by Gasteiger charge is -2.27. The van der Waals surface area contributed by atoms with Gasteiger partial charge in [0.25, 0.3) is 11.6 Å². The Labute approximate surface area is 166 Å². The Morgan fingerprint density at radius 1 is 1.32 bits per heavy atom. The molecule has 0 bridgehead atoms. The highest BCUT2D eigenvalue weighted by Gasteiger charge is 2.30. The molecule has 1 aliphatic heterocycles. The molecule has 1 saturated heterocycles. The van der Waals surface area contributed by atoms with Gasteiger partial charge in [0.1, 0.15) is 0 Å². The van der Waals surface area contributed by atoms with Gasteiger partial charge in [-0.15, -0.1) is 0 Å². The van der Waals surface area contributed by atoms with E-state index in [-0.39, 0.29) is 11.3 Å². The van der Waals surface area contributed by atoms with Crippen molar-refractivity contribution in [2.45, 2.75) is 46.0 Å². The molecule has 28 heavy (non-hydrogen) atoms. The summed E-state index contributed by atoms with van der Waals surface area (Å²) in [6, 6.07) is 1.96. The van der Waals surface area contributed by atoms with E-state index in [1.54, 1.807) is 0 Å². The van der Waals surface area contributed by atoms with Gasteiger partial charge in [-0.3, -0.25) is 9.69 Å². The second-order valence-electron chi connectivity index (χ2n) is 9.26. The highest BCUT2D eigenvalue weighted by Crippen LogP contribution is 2.40. The minimum atomic E-state index is -0.0530. The van der Waals surface area contributed by atoms with Crippen LogP contribution in [0.15, 0.2) is 10.6 Å². The molecule has 152 valence electrons. The normalized spacial score (nSPS) is 18.5. The van der Waals surface area contributed by atoms with Crippen molar-refractivity contribution in [3.63, 3.8) is 0 Å². The summed E-state index contributed by atoms with van der Waals surface area (Å²) in [7, 11) is 0. The molecule has 4 rings (SSSR count). The van der Waals surface area contributed by atoms with Gasteiger partial charge in [0, 0.05) is 50.9 Å². The van der Waals surface area contributed by atoms with Crippen LogP contribution in [-0.4, -0.2) is 60.2 Å². The Kier molecular flexibility index (Phi) is 5.38. The van der Waals surface area contributed by atoms with Gasteiger partial charge >= 0.3 is 0 Å². The van der Waals surface area contributed by atoms with Crippen molar-refractivity contribution in [2.75, 3.05) is 39.3 Å². The highest BCUT2D eigenvalue weighted by atomic mass is 16.5. The molecule has 1 saturated carbocycles. The number of hydrogen-bond acceptors (Lipinski definition) is 6. The Morgan fingerprint density at radius 3 is 2.75 bits per heavy atom. The zero-order valence-electron chi connectivity index (χ0n) is 17.2. The van der Waals surface area contributed by atoms with E-state index in [1.807, 2.05) is 6.07 Å². The van der Waals surface area contributed by atoms with E-state index < -0.39 is 0 Å². The maximum absolute atomic E-state index is 13.1. The first-order valence-electron chi connectivity index (χ1n) is 10.4. The number of pyridine rings is 1. The fourth-order valence-corrected chi connectivity index (χ4v) is 3.78. The quantitative estimate of drug-likeness (QED) is 0.794. The largest absolute Gasteiger partial charge is 0.351 e. The van der Waals surface area contributed by atoms with Crippen LogP contribution in [-0.2, 0) is 6.42 Å². The van der Waals surface area contributed by atoms with Crippen LogP contribution in [0.5, 0.6) is 0 Å². The van der Waals surface area contributed by atoms with Crippen molar-refractivity contribution < 1.29 is 9.32 Å². The van der Waals surface area contributed by atoms with Gasteiger partial charge in [-0.1, -0.05) is 25.9 Å². The number of carbonyl (C=O) groups is 1. The number of fused-ring (bicyclic) bond motifs is 1. The molecular weight excluding hydrogens is 354 g/mol. The number of hydrogen-bond donors (Lipinski definition) is 2. The predicted molar refractivity (Wildman–Crippen MR) is 109 cm³/mol. The zero-order valence-corrected chi connectivity index (χ0v) is 17.2. The molecule has 7 nitrogen and oxygen atoms in total. The lowest BCUT2D eigenvalue weighted by molar-refractivity contribution is 0.0948. The summed E-state index contributed by atoms with van der Waals surface area (Å²) < 4.78 is 5.55. The Hall–Kier alpha value is -1.99. The molecular formula is C21H31N5O2. The van der Waals surface area contributed by atoms with Crippen molar-refractivity contribution in [3.8, 4) is 0 Å². The predicted octanol–water partition coefficient (Wildman–Crippen LogP) is 2.32. The minimum Gasteiger partial charge on any atom is -0.351 e. The molecule has 0 unspecified atom stereocenters. The number of amides is 1. The smallest absolute Gasteiger partial charge is 0.259 e. The van der Waals surface area contributed by atoms with Crippen LogP contribution >= 0.6 is 0 Å². The molecule has 2 N–H and O–H groups in total. The van der Waals surface area contributed by atoms with Crippen molar-refractivity contribution in [2.24, 2.45) is 5.41 Å². The van der Waals surface area contributed by atoms with Crippen LogP contribution in [0.3, 0.4) is 0 Å². The average molecular weight is 386 g/mol. The van der Waals surface area contributed by atoms with Crippen molar-refractivity contribution in [1.29, 1.82) is 0 Å². The third kappa shape index (κ3) is 4.52. The Morgan fingerprint density at radius 2 is 2.07 bits per heavy atom. The second-order valence-corrected chi connectivity index (χ2v) is 9.26. The first-order valence-corrected chi connectivity index (χ1v) is 10.4. The van der Waals surface area contributed by atoms with Crippen LogP contribution in [0.1, 0.15) is 61.3 Å². The molecule has 2 aromatic heterocycles. The van der Waals surface area contributed by atoms with Crippen molar-refractivity contribution >= 4 is 17.0 Å². The molecule has 7 heteroatoms. The van der Waals surface area contributed by atoms with Gasteiger partial charge in [-0.2, -0.15) is 0 Å². The minimum absolute atomic E-state index is 0.0506. The molecule has 2 aliphatic rings. The number of carbonyl (C=O) groups excluding carboxylic acids is 1. The standard InChI is InChI=1S/C21H31N5O2/c1-21(2,3)13-17-18-15(12-16(14-4-5-14)24-20(18)28-25-17)19(27)23-8-11-26-9-6-22-7-10-26/h12,14,22H,4-11,13H2,1-3H3,(H,23,27). The molecule has 0 spiro atoms. The van der Waals surface area contributed by atoms with E-state index in [1.165, 1.54) is 0 Å². The monoisotopic (exact) mass is 385 g/mol. The molecule has 1 aliphatic carbocycles. The van der Waals surface area contributed by atoms with Gasteiger partial charge in [-0.05, 0) is 30.7 Å². The van der Waals surface area contributed by atoms with E-state index in [2.05, 4.69) is 46.4 Å². The number of aromatic nitrogens is 2. The Balaban J connectivity index is 1.55. The summed E-state index contributed by atoms with van der Waals surface area (Å²) in [5, 5.41) is 11.5. The first-order chi connectivity index (χ1) is 13.4. The van der Waals surface area contributed by atoms with Gasteiger partial charge in [0.15, 0.2) is 0 Å².